The van der Waals surface area contributed by atoms with Gasteiger partial charge in [0.25, 0.3) is 0 Å². The monoisotopic (exact) mass is 277 g/mol. The van der Waals surface area contributed by atoms with Gasteiger partial charge in [-0.1, -0.05) is 17.4 Å². The van der Waals surface area contributed by atoms with Crippen LogP contribution in [0.4, 0.5) is 5.13 Å². The molecule has 100 valence electrons. The van der Waals surface area contributed by atoms with Gasteiger partial charge in [0.05, 0.1) is 11.7 Å². The molecule has 2 aromatic rings. The van der Waals surface area contributed by atoms with E-state index in [9.17, 15) is 4.79 Å². The molecule has 2 heterocycles. The number of likely N-dealkylation sites (N-methyl/N-ethyl adjacent to an activating group) is 1. The lowest BCUT2D eigenvalue weighted by molar-refractivity contribution is -0.120. The smallest absolute Gasteiger partial charge is 0.243 e. The maximum absolute atomic E-state index is 12.0. The highest BCUT2D eigenvalue weighted by molar-refractivity contribution is 7.13. The Kier molecular flexibility index (Phi) is 4.53. The van der Waals surface area contributed by atoms with E-state index in [0.29, 0.717) is 11.7 Å². The lowest BCUT2D eigenvalue weighted by Gasteiger charge is -2.22. The summed E-state index contributed by atoms with van der Waals surface area (Å²) in [6.45, 7) is 2.46. The summed E-state index contributed by atoms with van der Waals surface area (Å²) >= 11 is 1.30. The Morgan fingerprint density at radius 1 is 1.53 bits per heavy atom. The molecule has 1 N–H and O–H groups in total. The van der Waals surface area contributed by atoms with Gasteiger partial charge >= 0.3 is 0 Å². The molecule has 0 radical (unpaired) electrons. The molecule has 0 aliphatic carbocycles. The highest BCUT2D eigenvalue weighted by Crippen LogP contribution is 2.10. The lowest BCUT2D eigenvalue weighted by atomic mass is 10.2. The number of nitrogens with zero attached hydrogens (tertiary/aromatic N) is 4. The van der Waals surface area contributed by atoms with Gasteiger partial charge in [-0.3, -0.25) is 20.0 Å². The summed E-state index contributed by atoms with van der Waals surface area (Å²) in [5, 5.41) is 10.7. The van der Waals surface area contributed by atoms with Crippen LogP contribution in [-0.2, 0) is 11.3 Å². The molecule has 0 saturated heterocycles. The molecule has 0 spiro atoms. The first-order valence-electron chi connectivity index (χ1n) is 5.84. The summed E-state index contributed by atoms with van der Waals surface area (Å²) in [5.41, 5.74) is 2.51. The van der Waals surface area contributed by atoms with Gasteiger partial charge in [-0.05, 0) is 26.1 Å². The Balaban J connectivity index is 1.91. The number of aromatic nitrogens is 3. The van der Waals surface area contributed by atoms with Crippen LogP contribution in [0.25, 0.3) is 0 Å². The first-order chi connectivity index (χ1) is 9.16. The van der Waals surface area contributed by atoms with Gasteiger partial charge in [0.1, 0.15) is 5.51 Å². The summed E-state index contributed by atoms with van der Waals surface area (Å²) in [6.07, 6.45) is 1.75. The Morgan fingerprint density at radius 2 is 2.37 bits per heavy atom. The van der Waals surface area contributed by atoms with E-state index in [1.165, 1.54) is 11.3 Å². The van der Waals surface area contributed by atoms with Crippen LogP contribution in [0.15, 0.2) is 29.9 Å². The average Bonchev–Trinajstić information content (AvgIpc) is 2.91. The van der Waals surface area contributed by atoms with E-state index in [1.807, 2.05) is 37.1 Å². The zero-order chi connectivity index (χ0) is 13.7. The van der Waals surface area contributed by atoms with E-state index >= 15 is 0 Å². The van der Waals surface area contributed by atoms with Crippen LogP contribution in [0, 0.1) is 0 Å². The predicted octanol–water partition coefficient (Wildman–Crippen LogP) is 1.39. The molecule has 2 rings (SSSR count). The normalized spacial score (nSPS) is 12.4. The van der Waals surface area contributed by atoms with Crippen LogP contribution < -0.4 is 5.32 Å². The van der Waals surface area contributed by atoms with Crippen LogP contribution in [0.5, 0.6) is 0 Å². The van der Waals surface area contributed by atoms with Gasteiger partial charge in [0, 0.05) is 12.7 Å². The molecular formula is C12H15N5OS. The minimum Gasteiger partial charge on any atom is -0.299 e. The van der Waals surface area contributed by atoms with Gasteiger partial charge in [0.2, 0.25) is 11.0 Å². The maximum Gasteiger partial charge on any atom is 0.243 e. The fourth-order valence-electron chi connectivity index (χ4n) is 1.52. The van der Waals surface area contributed by atoms with Crippen LogP contribution >= 0.6 is 11.3 Å². The molecule has 0 fully saturated rings. The van der Waals surface area contributed by atoms with Crippen molar-refractivity contribution >= 4 is 22.4 Å². The van der Waals surface area contributed by atoms with Crippen molar-refractivity contribution in [3.05, 3.63) is 35.6 Å². The number of nitrogens with one attached hydrogen (secondary N) is 1. The molecule has 6 nitrogen and oxygen atoms in total. The number of carbonyl (C=O) groups is 1. The van der Waals surface area contributed by atoms with Crippen molar-refractivity contribution in [1.82, 2.24) is 20.1 Å². The van der Waals surface area contributed by atoms with Crippen molar-refractivity contribution in [1.29, 1.82) is 0 Å². The Labute approximate surface area is 115 Å². The molecule has 0 aromatic carbocycles. The van der Waals surface area contributed by atoms with E-state index in [2.05, 4.69) is 20.5 Å². The predicted molar refractivity (Wildman–Crippen MR) is 73.7 cm³/mol. The van der Waals surface area contributed by atoms with Crippen molar-refractivity contribution in [2.45, 2.75) is 19.5 Å². The van der Waals surface area contributed by atoms with E-state index in [0.717, 1.165) is 5.69 Å². The van der Waals surface area contributed by atoms with Crippen LogP contribution in [-0.4, -0.2) is 39.1 Å². The topological polar surface area (TPSA) is 71.0 Å². The largest absolute Gasteiger partial charge is 0.299 e. The van der Waals surface area contributed by atoms with Gasteiger partial charge in [0.15, 0.2) is 0 Å². The van der Waals surface area contributed by atoms with E-state index < -0.39 is 0 Å². The molecule has 19 heavy (non-hydrogen) atoms. The summed E-state index contributed by atoms with van der Waals surface area (Å²) in [6, 6.07) is 5.47. The molecular weight excluding hydrogens is 262 g/mol. The minimum atomic E-state index is -0.272. The zero-order valence-electron chi connectivity index (χ0n) is 10.8. The summed E-state index contributed by atoms with van der Waals surface area (Å²) in [5.74, 6) is -0.102. The molecule has 7 heteroatoms. The second kappa shape index (κ2) is 6.35. The third-order valence-electron chi connectivity index (χ3n) is 2.77. The van der Waals surface area contributed by atoms with Crippen molar-refractivity contribution in [2.75, 3.05) is 12.4 Å². The van der Waals surface area contributed by atoms with Crippen molar-refractivity contribution < 1.29 is 4.79 Å². The summed E-state index contributed by atoms with van der Waals surface area (Å²) < 4.78 is 0. The Bertz CT molecular complexity index is 516. The van der Waals surface area contributed by atoms with Crippen LogP contribution in [0.3, 0.4) is 0 Å². The van der Waals surface area contributed by atoms with Gasteiger partial charge in [-0.2, -0.15) is 0 Å². The van der Waals surface area contributed by atoms with Gasteiger partial charge in [-0.15, -0.1) is 10.2 Å². The number of hydrogen-bond donors (Lipinski definition) is 1. The van der Waals surface area contributed by atoms with E-state index in [1.54, 1.807) is 11.7 Å². The Hall–Kier alpha value is -1.86. The minimum absolute atomic E-state index is 0.102. The van der Waals surface area contributed by atoms with Crippen LogP contribution in [0.1, 0.15) is 12.6 Å². The van der Waals surface area contributed by atoms with Gasteiger partial charge < -0.3 is 0 Å². The molecule has 0 saturated carbocycles. The third-order valence-corrected chi connectivity index (χ3v) is 3.37. The second-order valence-corrected chi connectivity index (χ2v) is 4.98. The highest BCUT2D eigenvalue weighted by atomic mass is 32.1. The first kappa shape index (κ1) is 13.6. The van der Waals surface area contributed by atoms with Crippen LogP contribution in [0.2, 0.25) is 0 Å². The molecule has 0 unspecified atom stereocenters. The summed E-state index contributed by atoms with van der Waals surface area (Å²) in [7, 11) is 1.89. The quantitative estimate of drug-likeness (QED) is 0.894. The van der Waals surface area contributed by atoms with Gasteiger partial charge in [-0.25, -0.2) is 0 Å². The molecule has 0 aliphatic rings. The van der Waals surface area contributed by atoms with Crippen molar-refractivity contribution in [2.24, 2.45) is 0 Å². The molecule has 0 aliphatic heterocycles. The Morgan fingerprint density at radius 3 is 3.00 bits per heavy atom. The third kappa shape index (κ3) is 3.80. The average molecular weight is 277 g/mol. The maximum atomic E-state index is 12.0. The fraction of sp³-hybridized carbons (Fsp3) is 0.333. The number of rotatable bonds is 5. The highest BCUT2D eigenvalue weighted by Gasteiger charge is 2.19. The molecule has 0 bridgehead atoms. The number of hydrogen-bond acceptors (Lipinski definition) is 6. The van der Waals surface area contributed by atoms with E-state index in [4.69, 9.17) is 0 Å². The SMILES string of the molecule is C[C@H](C(=O)Nc1nncs1)N(C)Cc1ccccn1. The fourth-order valence-corrected chi connectivity index (χ4v) is 1.97. The standard InChI is InChI=1S/C12H15N5OS/c1-9(11(18)15-12-16-14-8-19-12)17(2)7-10-5-3-4-6-13-10/h3-6,8-9H,7H2,1-2H3,(H,15,16,18)/t9-/m1/s1. The summed E-state index contributed by atoms with van der Waals surface area (Å²) in [4.78, 5) is 18.2. The molecule has 1 atom stereocenters. The first-order valence-corrected chi connectivity index (χ1v) is 6.72. The second-order valence-electron chi connectivity index (χ2n) is 4.15. The number of carbonyl (C=O) groups excluding carboxylic acids is 1. The van der Waals surface area contributed by atoms with E-state index in [-0.39, 0.29) is 11.9 Å². The molecule has 1 amide bonds. The zero-order valence-corrected chi connectivity index (χ0v) is 11.6. The van der Waals surface area contributed by atoms with Crippen molar-refractivity contribution in [3.8, 4) is 0 Å². The molecule has 2 aromatic heterocycles. The lowest BCUT2D eigenvalue weighted by Crippen LogP contribution is -2.39. The number of amides is 1. The number of anilines is 1. The van der Waals surface area contributed by atoms with Crippen molar-refractivity contribution in [3.63, 3.8) is 0 Å². The number of pyridine rings is 1.